The summed E-state index contributed by atoms with van der Waals surface area (Å²) in [5.41, 5.74) is 8.86. The maximum atomic E-state index is 13.3. The fraction of sp³-hybridized carbons (Fsp3) is 0.136. The van der Waals surface area contributed by atoms with Crippen molar-refractivity contribution in [2.75, 3.05) is 12.4 Å². The van der Waals surface area contributed by atoms with Gasteiger partial charge in [0.25, 0.3) is 5.91 Å². The fourth-order valence-corrected chi connectivity index (χ4v) is 4.37. The summed E-state index contributed by atoms with van der Waals surface area (Å²) in [6.45, 7) is 1.79. The Hall–Kier alpha value is -3.70. The Balaban J connectivity index is 1.81. The minimum Gasteiger partial charge on any atom is -0.497 e. The number of anilines is 1. The van der Waals surface area contributed by atoms with Crippen LogP contribution in [0, 0.1) is 11.3 Å². The molecule has 2 heterocycles. The van der Waals surface area contributed by atoms with Crippen LogP contribution in [-0.2, 0) is 4.79 Å². The van der Waals surface area contributed by atoms with E-state index in [2.05, 4.69) is 16.4 Å². The number of allylic oxidation sites excluding steroid dienone is 2. The number of nitrogens with two attached hydrogens (primary N) is 1. The number of thioether (sulfide) groups is 1. The van der Waals surface area contributed by atoms with Crippen LogP contribution in [-0.4, -0.2) is 23.1 Å². The summed E-state index contributed by atoms with van der Waals surface area (Å²) in [6.07, 6.45) is 0. The summed E-state index contributed by atoms with van der Waals surface area (Å²) in [6, 6.07) is 18.3. The Morgan fingerprint density at radius 2 is 1.93 bits per heavy atom. The van der Waals surface area contributed by atoms with Gasteiger partial charge in [-0.3, -0.25) is 9.69 Å². The predicted octanol–water partition coefficient (Wildman–Crippen LogP) is 3.72. The van der Waals surface area contributed by atoms with E-state index in [-0.39, 0.29) is 5.91 Å². The first-order chi connectivity index (χ1) is 14.5. The van der Waals surface area contributed by atoms with Gasteiger partial charge in [0, 0.05) is 5.69 Å². The monoisotopic (exact) mass is 417 g/mol. The second-order valence-electron chi connectivity index (χ2n) is 6.69. The summed E-state index contributed by atoms with van der Waals surface area (Å²) < 4.78 is 5.26. The van der Waals surface area contributed by atoms with Crippen molar-refractivity contribution in [1.82, 2.24) is 4.90 Å². The molecule has 0 aliphatic carbocycles. The third kappa shape index (κ3) is 3.40. The van der Waals surface area contributed by atoms with E-state index >= 15 is 0 Å². The van der Waals surface area contributed by atoms with E-state index in [0.717, 1.165) is 5.56 Å². The van der Waals surface area contributed by atoms with Gasteiger partial charge in [0.15, 0.2) is 5.17 Å². The van der Waals surface area contributed by atoms with E-state index < -0.39 is 6.04 Å². The Morgan fingerprint density at radius 3 is 2.57 bits per heavy atom. The topological polar surface area (TPSA) is 104 Å². The molecule has 150 valence electrons. The number of hydrogen-bond acceptors (Lipinski definition) is 7. The van der Waals surface area contributed by atoms with Crippen LogP contribution in [0.15, 0.2) is 81.6 Å². The maximum Gasteiger partial charge on any atom is 0.255 e. The van der Waals surface area contributed by atoms with Crippen molar-refractivity contribution in [3.8, 4) is 11.8 Å². The second-order valence-corrected chi connectivity index (χ2v) is 7.67. The lowest BCUT2D eigenvalue weighted by Gasteiger charge is -2.35. The zero-order valence-electron chi connectivity index (χ0n) is 16.4. The molecule has 0 unspecified atom stereocenters. The average molecular weight is 417 g/mol. The van der Waals surface area contributed by atoms with Crippen LogP contribution in [0.5, 0.6) is 5.75 Å². The zero-order valence-corrected chi connectivity index (χ0v) is 17.2. The third-order valence-electron chi connectivity index (χ3n) is 4.89. The molecule has 1 atom stereocenters. The summed E-state index contributed by atoms with van der Waals surface area (Å²) in [5.74, 6) is 0.724. The number of carbonyl (C=O) groups excluding carboxylic acids is 1. The molecule has 1 amide bonds. The van der Waals surface area contributed by atoms with Crippen molar-refractivity contribution in [2.24, 2.45) is 10.7 Å². The molecule has 0 spiro atoms. The number of methoxy groups -OCH3 is 1. The van der Waals surface area contributed by atoms with Crippen LogP contribution in [0.1, 0.15) is 18.5 Å². The van der Waals surface area contributed by atoms with E-state index in [1.807, 2.05) is 54.6 Å². The summed E-state index contributed by atoms with van der Waals surface area (Å²) in [4.78, 5) is 20.0. The minimum atomic E-state index is -0.523. The van der Waals surface area contributed by atoms with Crippen LogP contribution < -0.4 is 15.8 Å². The molecule has 0 radical (unpaired) electrons. The first-order valence-corrected chi connectivity index (χ1v) is 10.0. The number of rotatable bonds is 4. The first kappa shape index (κ1) is 19.6. The zero-order chi connectivity index (χ0) is 21.3. The second kappa shape index (κ2) is 7.97. The molecule has 0 bridgehead atoms. The quantitative estimate of drug-likeness (QED) is 0.786. The van der Waals surface area contributed by atoms with Gasteiger partial charge in [-0.25, -0.2) is 4.99 Å². The number of aliphatic imine (C=N–C) groups is 1. The largest absolute Gasteiger partial charge is 0.497 e. The van der Waals surface area contributed by atoms with Crippen molar-refractivity contribution in [3.63, 3.8) is 0 Å². The molecule has 0 saturated carbocycles. The van der Waals surface area contributed by atoms with Crippen LogP contribution in [0.3, 0.4) is 0 Å². The van der Waals surface area contributed by atoms with Gasteiger partial charge in [0.1, 0.15) is 22.5 Å². The molecule has 0 fully saturated rings. The molecule has 0 aromatic heterocycles. The smallest absolute Gasteiger partial charge is 0.255 e. The molecule has 3 N–H and O–H groups in total. The number of amides is 1. The highest BCUT2D eigenvalue weighted by Crippen LogP contribution is 2.45. The van der Waals surface area contributed by atoms with Crippen molar-refractivity contribution < 1.29 is 9.53 Å². The minimum absolute atomic E-state index is 0.273. The van der Waals surface area contributed by atoms with Crippen LogP contribution >= 0.6 is 11.8 Å². The molecule has 8 heteroatoms. The number of fused-ring (bicyclic) bond motifs is 1. The van der Waals surface area contributed by atoms with Gasteiger partial charge in [-0.15, -0.1) is 0 Å². The van der Waals surface area contributed by atoms with Gasteiger partial charge < -0.3 is 15.8 Å². The predicted molar refractivity (Wildman–Crippen MR) is 117 cm³/mol. The van der Waals surface area contributed by atoms with Crippen LogP contribution in [0.25, 0.3) is 0 Å². The number of nitrogens with zero attached hydrogens (tertiary/aromatic N) is 3. The lowest BCUT2D eigenvalue weighted by atomic mass is 9.93. The number of hydrogen-bond donors (Lipinski definition) is 2. The van der Waals surface area contributed by atoms with Crippen molar-refractivity contribution in [2.45, 2.75) is 13.0 Å². The summed E-state index contributed by atoms with van der Waals surface area (Å²) >= 11 is 1.21. The molecule has 2 aromatic carbocycles. The highest BCUT2D eigenvalue weighted by molar-refractivity contribution is 8.17. The maximum absolute atomic E-state index is 13.3. The highest BCUT2D eigenvalue weighted by atomic mass is 32.2. The molecule has 2 aliphatic rings. The van der Waals surface area contributed by atoms with Crippen molar-refractivity contribution in [1.29, 1.82) is 5.26 Å². The Bertz CT molecular complexity index is 1130. The van der Waals surface area contributed by atoms with Gasteiger partial charge in [-0.2, -0.15) is 5.26 Å². The van der Waals surface area contributed by atoms with E-state index in [1.165, 1.54) is 11.8 Å². The van der Waals surface area contributed by atoms with Gasteiger partial charge in [-0.05, 0) is 48.5 Å². The number of amidine groups is 1. The first-order valence-electron chi connectivity index (χ1n) is 9.20. The van der Waals surface area contributed by atoms with E-state index in [0.29, 0.717) is 38.6 Å². The van der Waals surface area contributed by atoms with E-state index in [4.69, 9.17) is 10.5 Å². The van der Waals surface area contributed by atoms with Crippen LogP contribution in [0.2, 0.25) is 0 Å². The lowest BCUT2D eigenvalue weighted by molar-refractivity contribution is -0.113. The van der Waals surface area contributed by atoms with Gasteiger partial charge in [0.05, 0.1) is 24.4 Å². The van der Waals surface area contributed by atoms with E-state index in [1.54, 1.807) is 18.9 Å². The Labute approximate surface area is 178 Å². The number of benzene rings is 2. The number of carbonyl (C=O) groups is 1. The van der Waals surface area contributed by atoms with Gasteiger partial charge >= 0.3 is 0 Å². The summed E-state index contributed by atoms with van der Waals surface area (Å²) in [5, 5.41) is 13.0. The van der Waals surface area contributed by atoms with Crippen LogP contribution in [0.4, 0.5) is 5.69 Å². The highest BCUT2D eigenvalue weighted by Gasteiger charge is 2.42. The number of para-hydroxylation sites is 1. The molecule has 0 saturated heterocycles. The average Bonchev–Trinajstić information content (AvgIpc) is 3.08. The Kier molecular flexibility index (Phi) is 5.21. The molecular formula is C22H19N5O2S. The van der Waals surface area contributed by atoms with Gasteiger partial charge in [-0.1, -0.05) is 30.3 Å². The number of nitriles is 1. The molecule has 7 nitrogen and oxygen atoms in total. The molecule has 2 aromatic rings. The fourth-order valence-electron chi connectivity index (χ4n) is 3.45. The van der Waals surface area contributed by atoms with Crippen molar-refractivity contribution in [3.05, 3.63) is 82.2 Å². The number of nitrogens with one attached hydrogen (secondary N) is 1. The molecule has 30 heavy (non-hydrogen) atoms. The lowest BCUT2D eigenvalue weighted by Crippen LogP contribution is -2.39. The van der Waals surface area contributed by atoms with E-state index in [9.17, 15) is 10.1 Å². The van der Waals surface area contributed by atoms with Gasteiger partial charge in [0.2, 0.25) is 0 Å². The normalized spacial score (nSPS) is 18.0. The standard InChI is InChI=1S/C22H19N5O2S/c1-13-18(21(28)26-15-6-4-3-5-7-15)19(14-8-10-16(29-2)11-9-14)27-20(24)17(12-23)30-22(27)25-13/h3-11,19H,24H2,1-2H3,(H,26,28)/t19-/m0/s1. The number of ether oxygens (including phenoxy) is 1. The molecule has 2 aliphatic heterocycles. The third-order valence-corrected chi connectivity index (χ3v) is 5.86. The Morgan fingerprint density at radius 1 is 1.23 bits per heavy atom. The van der Waals surface area contributed by atoms with Crippen molar-refractivity contribution >= 4 is 28.5 Å². The molecule has 4 rings (SSSR count). The molecular weight excluding hydrogens is 398 g/mol. The SMILES string of the molecule is COc1ccc([C@H]2C(C(=O)Nc3ccccc3)=C(C)N=C3SC(C#N)=C(N)N32)cc1. The summed E-state index contributed by atoms with van der Waals surface area (Å²) in [7, 11) is 1.60.